The third-order valence-electron chi connectivity index (χ3n) is 4.87. The average Bonchev–Trinajstić information content (AvgIpc) is 3.26. The molecule has 0 fully saturated rings. The Labute approximate surface area is 190 Å². The number of rotatable bonds is 9. The molecule has 2 aromatic heterocycles. The van der Waals surface area contributed by atoms with Crippen LogP contribution in [0.25, 0.3) is 16.6 Å². The molecule has 0 spiro atoms. The first kappa shape index (κ1) is 22.2. The van der Waals surface area contributed by atoms with Crippen LogP contribution in [0.2, 0.25) is 0 Å². The van der Waals surface area contributed by atoms with E-state index in [-0.39, 0.29) is 17.5 Å². The Morgan fingerprint density at radius 2 is 1.97 bits per heavy atom. The molecule has 4 aromatic rings. The van der Waals surface area contributed by atoms with Crippen LogP contribution in [-0.2, 0) is 17.0 Å². The summed E-state index contributed by atoms with van der Waals surface area (Å²) >= 11 is 1.47. The van der Waals surface area contributed by atoms with Crippen LogP contribution in [0.15, 0.2) is 70.7 Å². The van der Waals surface area contributed by atoms with Gasteiger partial charge in [-0.05, 0) is 56.7 Å². The average molecular weight is 453 g/mol. The van der Waals surface area contributed by atoms with Gasteiger partial charge in [-0.25, -0.2) is 14.1 Å². The molecule has 6 nitrogen and oxygen atoms in total. The first-order valence-electron chi connectivity index (χ1n) is 10.6. The van der Waals surface area contributed by atoms with Gasteiger partial charge in [0, 0.05) is 25.1 Å². The largest absolute Gasteiger partial charge is 0.379 e. The van der Waals surface area contributed by atoms with E-state index in [1.165, 1.54) is 23.9 Å². The number of aromatic nitrogens is 4. The van der Waals surface area contributed by atoms with Crippen LogP contribution in [0.4, 0.5) is 4.39 Å². The van der Waals surface area contributed by atoms with Crippen molar-refractivity contribution in [2.24, 2.45) is 0 Å². The number of para-hydroxylation sites is 1. The third-order valence-corrected chi connectivity index (χ3v) is 5.88. The normalized spacial score (nSPS) is 11.5. The third kappa shape index (κ3) is 5.26. The van der Waals surface area contributed by atoms with E-state index < -0.39 is 0 Å². The van der Waals surface area contributed by atoms with Crippen molar-refractivity contribution in [3.05, 3.63) is 82.7 Å². The molecule has 0 N–H and O–H groups in total. The van der Waals surface area contributed by atoms with Gasteiger partial charge in [0.25, 0.3) is 5.56 Å². The molecular weight excluding hydrogens is 427 g/mol. The number of hydrogen-bond donors (Lipinski definition) is 0. The van der Waals surface area contributed by atoms with Crippen LogP contribution in [0.1, 0.15) is 26.0 Å². The highest BCUT2D eigenvalue weighted by Gasteiger charge is 2.13. The molecule has 0 aliphatic heterocycles. The van der Waals surface area contributed by atoms with Gasteiger partial charge in [0.15, 0.2) is 5.16 Å². The topological polar surface area (TPSA) is 61.9 Å². The SMILES string of the molecule is CC(C)OCCCn1c(SCc2ccn(-c3cccc(F)c3)n2)nc2ccccc2c1=O. The second-order valence-electron chi connectivity index (χ2n) is 7.66. The molecule has 4 rings (SSSR count). The smallest absolute Gasteiger partial charge is 0.262 e. The minimum absolute atomic E-state index is 0.0482. The lowest BCUT2D eigenvalue weighted by Crippen LogP contribution is -2.24. The van der Waals surface area contributed by atoms with E-state index >= 15 is 0 Å². The molecule has 0 aliphatic rings. The number of nitrogens with zero attached hydrogens (tertiary/aromatic N) is 4. The highest BCUT2D eigenvalue weighted by Crippen LogP contribution is 2.22. The number of thioether (sulfide) groups is 1. The second kappa shape index (κ2) is 10.1. The Bertz CT molecular complexity index is 1270. The van der Waals surface area contributed by atoms with E-state index in [1.54, 1.807) is 33.6 Å². The maximum Gasteiger partial charge on any atom is 0.262 e. The highest BCUT2D eigenvalue weighted by atomic mass is 32.2. The number of fused-ring (bicyclic) bond motifs is 1. The molecule has 0 amide bonds. The van der Waals surface area contributed by atoms with Crippen molar-refractivity contribution in [2.75, 3.05) is 6.61 Å². The Kier molecular flexibility index (Phi) is 7.02. The molecular formula is C24H25FN4O2S. The summed E-state index contributed by atoms with van der Waals surface area (Å²) in [6, 6.07) is 15.6. The molecule has 0 radical (unpaired) electrons. The van der Waals surface area contributed by atoms with Gasteiger partial charge >= 0.3 is 0 Å². The van der Waals surface area contributed by atoms with Crippen molar-refractivity contribution in [3.8, 4) is 5.69 Å². The van der Waals surface area contributed by atoms with Crippen LogP contribution < -0.4 is 5.56 Å². The van der Waals surface area contributed by atoms with Gasteiger partial charge in [0.1, 0.15) is 5.82 Å². The zero-order chi connectivity index (χ0) is 22.5. The van der Waals surface area contributed by atoms with E-state index in [2.05, 4.69) is 5.10 Å². The van der Waals surface area contributed by atoms with Gasteiger partial charge in [-0.15, -0.1) is 0 Å². The minimum Gasteiger partial charge on any atom is -0.379 e. The monoisotopic (exact) mass is 452 g/mol. The summed E-state index contributed by atoms with van der Waals surface area (Å²) in [4.78, 5) is 17.9. The number of benzene rings is 2. The Balaban J connectivity index is 1.55. The van der Waals surface area contributed by atoms with Crippen LogP contribution in [0, 0.1) is 5.82 Å². The summed E-state index contributed by atoms with van der Waals surface area (Å²) in [5.41, 5.74) is 2.11. The van der Waals surface area contributed by atoms with E-state index in [9.17, 15) is 9.18 Å². The number of ether oxygens (including phenoxy) is 1. The molecule has 2 aromatic carbocycles. The van der Waals surface area contributed by atoms with Crippen molar-refractivity contribution >= 4 is 22.7 Å². The summed E-state index contributed by atoms with van der Waals surface area (Å²) in [5, 5.41) is 5.80. The first-order valence-corrected chi connectivity index (χ1v) is 11.5. The maximum atomic E-state index is 13.5. The van der Waals surface area contributed by atoms with E-state index in [0.29, 0.717) is 40.7 Å². The molecule has 32 heavy (non-hydrogen) atoms. The van der Waals surface area contributed by atoms with E-state index in [0.717, 1.165) is 12.1 Å². The van der Waals surface area contributed by atoms with E-state index in [1.807, 2.05) is 38.1 Å². The highest BCUT2D eigenvalue weighted by molar-refractivity contribution is 7.98. The van der Waals surface area contributed by atoms with Crippen LogP contribution in [0.5, 0.6) is 0 Å². The molecule has 0 saturated carbocycles. The lowest BCUT2D eigenvalue weighted by atomic mass is 10.2. The molecule has 0 bridgehead atoms. The minimum atomic E-state index is -0.306. The van der Waals surface area contributed by atoms with Crippen LogP contribution in [0.3, 0.4) is 0 Å². The molecule has 0 saturated heterocycles. The van der Waals surface area contributed by atoms with Crippen LogP contribution >= 0.6 is 11.8 Å². The zero-order valence-electron chi connectivity index (χ0n) is 18.1. The first-order chi connectivity index (χ1) is 15.5. The summed E-state index contributed by atoms with van der Waals surface area (Å²) in [6.45, 7) is 5.10. The predicted molar refractivity (Wildman–Crippen MR) is 125 cm³/mol. The van der Waals surface area contributed by atoms with Gasteiger partial charge in [0.2, 0.25) is 0 Å². The molecule has 8 heteroatoms. The quantitative estimate of drug-likeness (QED) is 0.207. The fourth-order valence-electron chi connectivity index (χ4n) is 3.34. The summed E-state index contributed by atoms with van der Waals surface area (Å²) in [6.07, 6.45) is 2.68. The predicted octanol–water partition coefficient (Wildman–Crippen LogP) is 4.83. The molecule has 0 atom stereocenters. The molecule has 0 unspecified atom stereocenters. The summed E-state index contributed by atoms with van der Waals surface area (Å²) < 4.78 is 22.5. The van der Waals surface area contributed by atoms with Crippen molar-refractivity contribution in [1.82, 2.24) is 19.3 Å². The second-order valence-corrected chi connectivity index (χ2v) is 8.60. The van der Waals surface area contributed by atoms with Crippen molar-refractivity contribution in [3.63, 3.8) is 0 Å². The van der Waals surface area contributed by atoms with Gasteiger partial charge < -0.3 is 4.74 Å². The van der Waals surface area contributed by atoms with Crippen LogP contribution in [-0.4, -0.2) is 32.0 Å². The summed E-state index contributed by atoms with van der Waals surface area (Å²) in [5.74, 6) is 0.232. The lowest BCUT2D eigenvalue weighted by Gasteiger charge is -2.13. The molecule has 166 valence electrons. The molecule has 0 aliphatic carbocycles. The van der Waals surface area contributed by atoms with Gasteiger partial charge in [-0.3, -0.25) is 9.36 Å². The fourth-order valence-corrected chi connectivity index (χ4v) is 4.26. The Hall–Kier alpha value is -2.97. The standard InChI is InChI=1S/C24H25FN4O2S/c1-17(2)31-14-6-12-28-23(30)21-9-3-4-10-22(21)26-24(28)32-16-19-11-13-29(27-19)20-8-5-7-18(25)15-20/h3-5,7-11,13,15,17H,6,12,14,16H2,1-2H3. The van der Waals surface area contributed by atoms with Crippen molar-refractivity contribution < 1.29 is 9.13 Å². The number of hydrogen-bond acceptors (Lipinski definition) is 5. The lowest BCUT2D eigenvalue weighted by molar-refractivity contribution is 0.0743. The zero-order valence-corrected chi connectivity index (χ0v) is 18.9. The van der Waals surface area contributed by atoms with E-state index in [4.69, 9.17) is 9.72 Å². The molecule has 2 heterocycles. The summed E-state index contributed by atoms with van der Waals surface area (Å²) in [7, 11) is 0. The maximum absolute atomic E-state index is 13.5. The Morgan fingerprint density at radius 3 is 2.78 bits per heavy atom. The van der Waals surface area contributed by atoms with Gasteiger partial charge in [-0.2, -0.15) is 5.10 Å². The van der Waals surface area contributed by atoms with Gasteiger partial charge in [-0.1, -0.05) is 30.0 Å². The van der Waals surface area contributed by atoms with Gasteiger partial charge in [0.05, 0.1) is 28.4 Å². The van der Waals surface area contributed by atoms with Crippen molar-refractivity contribution in [2.45, 2.75) is 43.8 Å². The van der Waals surface area contributed by atoms with Crippen molar-refractivity contribution in [1.29, 1.82) is 0 Å². The fraction of sp³-hybridized carbons (Fsp3) is 0.292. The number of halogens is 1. The Morgan fingerprint density at radius 1 is 1.12 bits per heavy atom.